The number of carbonyl (C=O) groups is 1. The summed E-state index contributed by atoms with van der Waals surface area (Å²) in [7, 11) is 0. The number of hydrogen-bond acceptors (Lipinski definition) is 4. The molecule has 4 rings (SSSR count). The second-order valence-electron chi connectivity index (χ2n) is 7.14. The predicted octanol–water partition coefficient (Wildman–Crippen LogP) is 3.24. The van der Waals surface area contributed by atoms with Gasteiger partial charge in [-0.25, -0.2) is 4.98 Å². The lowest BCUT2D eigenvalue weighted by atomic mass is 9.98. The number of aromatic nitrogens is 1. The first kappa shape index (κ1) is 17.2. The highest BCUT2D eigenvalue weighted by molar-refractivity contribution is 5.94. The molecule has 0 spiro atoms. The number of amides is 1. The average Bonchev–Trinajstić information content (AvgIpc) is 3.26. The number of likely N-dealkylation sites (tertiary alicyclic amines) is 1. The van der Waals surface area contributed by atoms with Crippen molar-refractivity contribution in [3.05, 3.63) is 71.4 Å². The second-order valence-corrected chi connectivity index (χ2v) is 7.14. The monoisotopic (exact) mass is 358 g/mol. The molecule has 0 saturated carbocycles. The Morgan fingerprint density at radius 1 is 1.22 bits per heavy atom. The Morgan fingerprint density at radius 2 is 2.04 bits per heavy atom. The molecule has 2 aliphatic rings. The first-order valence-electron chi connectivity index (χ1n) is 9.13. The van der Waals surface area contributed by atoms with Crippen LogP contribution in [0.25, 0.3) is 11.6 Å². The van der Waals surface area contributed by atoms with Crippen LogP contribution < -0.4 is 5.73 Å². The molecule has 3 N–H and O–H groups in total. The van der Waals surface area contributed by atoms with Crippen LogP contribution in [0.15, 0.2) is 54.7 Å². The van der Waals surface area contributed by atoms with E-state index in [-0.39, 0.29) is 5.91 Å². The fraction of sp³-hybridized carbons (Fsp3) is 0.227. The van der Waals surface area contributed by atoms with Crippen molar-refractivity contribution in [3.63, 3.8) is 0 Å². The summed E-state index contributed by atoms with van der Waals surface area (Å²) in [5, 5.41) is 7.47. The van der Waals surface area contributed by atoms with Crippen LogP contribution in [0.3, 0.4) is 0 Å². The summed E-state index contributed by atoms with van der Waals surface area (Å²) in [4.78, 5) is 18.5. The highest BCUT2D eigenvalue weighted by atomic mass is 16.2. The minimum Gasteiger partial charge on any atom is -0.384 e. The highest BCUT2D eigenvalue weighted by Gasteiger charge is 2.37. The van der Waals surface area contributed by atoms with Crippen LogP contribution in [0.2, 0.25) is 0 Å². The molecular weight excluding hydrogens is 336 g/mol. The molecule has 1 saturated heterocycles. The molecule has 27 heavy (non-hydrogen) atoms. The molecule has 5 nitrogen and oxygen atoms in total. The zero-order valence-electron chi connectivity index (χ0n) is 15.0. The number of hydrogen-bond donors (Lipinski definition) is 2. The number of rotatable bonds is 4. The topological polar surface area (TPSA) is 83.1 Å². The smallest absolute Gasteiger partial charge is 0.246 e. The molecule has 2 aromatic rings. The minimum atomic E-state index is 0.00631. The largest absolute Gasteiger partial charge is 0.384 e. The fourth-order valence-corrected chi connectivity index (χ4v) is 3.99. The molecular formula is C22H22N4O. The number of pyridine rings is 1. The van der Waals surface area contributed by atoms with E-state index in [1.807, 2.05) is 11.0 Å². The molecule has 1 aromatic carbocycles. The summed E-state index contributed by atoms with van der Waals surface area (Å²) in [5.41, 5.74) is 9.71. The van der Waals surface area contributed by atoms with Crippen molar-refractivity contribution < 1.29 is 4.79 Å². The lowest BCUT2D eigenvalue weighted by molar-refractivity contribution is -0.125. The maximum absolute atomic E-state index is 12.6. The summed E-state index contributed by atoms with van der Waals surface area (Å²) in [6.45, 7) is 1.56. The zero-order valence-corrected chi connectivity index (χ0v) is 15.0. The molecule has 1 amide bonds. The summed E-state index contributed by atoms with van der Waals surface area (Å²) in [6.07, 6.45) is 9.47. The van der Waals surface area contributed by atoms with E-state index in [4.69, 9.17) is 11.1 Å². The summed E-state index contributed by atoms with van der Waals surface area (Å²) < 4.78 is 0. The first-order valence-corrected chi connectivity index (χ1v) is 9.13. The summed E-state index contributed by atoms with van der Waals surface area (Å²) in [5.74, 6) is 1.32. The average molecular weight is 358 g/mol. The quantitative estimate of drug-likeness (QED) is 0.650. The maximum atomic E-state index is 12.6. The van der Waals surface area contributed by atoms with Crippen LogP contribution >= 0.6 is 0 Å². The Labute approximate surface area is 158 Å². The Bertz CT molecular complexity index is 933. The molecule has 2 unspecified atom stereocenters. The predicted molar refractivity (Wildman–Crippen MR) is 108 cm³/mol. The van der Waals surface area contributed by atoms with Gasteiger partial charge in [-0.1, -0.05) is 36.4 Å². The van der Waals surface area contributed by atoms with Crippen molar-refractivity contribution in [1.29, 1.82) is 5.41 Å². The standard InChI is InChI=1S/C22H22N4O/c23-11-18-10-21(24)25-12-16(18)6-7-22(27)26-13-19-8-17(9-20(19)14-26)15-4-2-1-3-5-15/h1-8,10-12,19-20,23H,9,13-14H2,(H2,24,25). The van der Waals surface area contributed by atoms with Crippen LogP contribution in [-0.2, 0) is 4.79 Å². The number of anilines is 1. The van der Waals surface area contributed by atoms with E-state index in [1.54, 1.807) is 24.4 Å². The molecule has 2 heterocycles. The van der Waals surface area contributed by atoms with Gasteiger partial charge in [-0.3, -0.25) is 4.79 Å². The Morgan fingerprint density at radius 3 is 2.78 bits per heavy atom. The van der Waals surface area contributed by atoms with Gasteiger partial charge in [0.1, 0.15) is 5.82 Å². The van der Waals surface area contributed by atoms with Crippen molar-refractivity contribution in [2.24, 2.45) is 11.8 Å². The maximum Gasteiger partial charge on any atom is 0.246 e. The molecule has 1 fully saturated rings. The van der Waals surface area contributed by atoms with Crippen molar-refractivity contribution in [2.45, 2.75) is 6.42 Å². The molecule has 0 radical (unpaired) electrons. The first-order chi connectivity index (χ1) is 13.1. The molecule has 5 heteroatoms. The van der Waals surface area contributed by atoms with Gasteiger partial charge >= 0.3 is 0 Å². The van der Waals surface area contributed by atoms with E-state index in [1.165, 1.54) is 17.4 Å². The van der Waals surface area contributed by atoms with Gasteiger partial charge < -0.3 is 16.0 Å². The number of nitrogen functional groups attached to an aromatic ring is 1. The molecule has 0 bridgehead atoms. The highest BCUT2D eigenvalue weighted by Crippen LogP contribution is 2.40. The normalized spacial score (nSPS) is 21.3. The lowest BCUT2D eigenvalue weighted by Gasteiger charge is -2.15. The van der Waals surface area contributed by atoms with E-state index in [0.717, 1.165) is 25.1 Å². The lowest BCUT2D eigenvalue weighted by Crippen LogP contribution is -2.27. The van der Waals surface area contributed by atoms with Crippen molar-refractivity contribution in [3.8, 4) is 0 Å². The number of nitrogens with zero attached hydrogens (tertiary/aromatic N) is 2. The third kappa shape index (κ3) is 3.53. The van der Waals surface area contributed by atoms with E-state index >= 15 is 0 Å². The number of nitrogens with two attached hydrogens (primary N) is 1. The third-order valence-corrected chi connectivity index (χ3v) is 5.40. The van der Waals surface area contributed by atoms with Crippen LogP contribution in [0.4, 0.5) is 5.82 Å². The fourth-order valence-electron chi connectivity index (χ4n) is 3.99. The van der Waals surface area contributed by atoms with Gasteiger partial charge in [0.15, 0.2) is 0 Å². The van der Waals surface area contributed by atoms with Crippen molar-refractivity contribution in [1.82, 2.24) is 9.88 Å². The summed E-state index contributed by atoms with van der Waals surface area (Å²) >= 11 is 0. The molecule has 2 atom stereocenters. The number of nitrogens with one attached hydrogen (secondary N) is 1. The van der Waals surface area contributed by atoms with Gasteiger partial charge in [-0.2, -0.15) is 0 Å². The summed E-state index contributed by atoms with van der Waals surface area (Å²) in [6, 6.07) is 12.1. The number of fused-ring (bicyclic) bond motifs is 1. The molecule has 136 valence electrons. The van der Waals surface area contributed by atoms with Crippen molar-refractivity contribution >= 4 is 29.6 Å². The zero-order chi connectivity index (χ0) is 18.8. The van der Waals surface area contributed by atoms with E-state index in [2.05, 4.69) is 35.3 Å². The van der Waals surface area contributed by atoms with Gasteiger partial charge in [0.2, 0.25) is 5.91 Å². The number of carbonyl (C=O) groups excluding carboxylic acids is 1. The molecule has 1 aliphatic carbocycles. The van der Waals surface area contributed by atoms with Crippen molar-refractivity contribution in [2.75, 3.05) is 18.8 Å². The van der Waals surface area contributed by atoms with Crippen LogP contribution in [-0.4, -0.2) is 35.1 Å². The number of allylic oxidation sites excluding steroid dienone is 1. The Balaban J connectivity index is 1.42. The van der Waals surface area contributed by atoms with E-state index in [9.17, 15) is 4.79 Å². The number of benzene rings is 1. The van der Waals surface area contributed by atoms with Crippen LogP contribution in [0.5, 0.6) is 0 Å². The van der Waals surface area contributed by atoms with Crippen LogP contribution in [0.1, 0.15) is 23.1 Å². The van der Waals surface area contributed by atoms with Gasteiger partial charge in [0.25, 0.3) is 0 Å². The molecule has 1 aromatic heterocycles. The van der Waals surface area contributed by atoms with E-state index in [0.29, 0.717) is 23.2 Å². The minimum absolute atomic E-state index is 0.00631. The Hall–Kier alpha value is -3.21. The van der Waals surface area contributed by atoms with Crippen LogP contribution in [0, 0.1) is 17.2 Å². The van der Waals surface area contributed by atoms with E-state index < -0.39 is 0 Å². The SMILES string of the molecule is N=Cc1cc(N)ncc1C=CC(=O)N1CC2C=C(c3ccccc3)CC2C1. The van der Waals surface area contributed by atoms with Gasteiger partial charge in [-0.15, -0.1) is 0 Å². The Kier molecular flexibility index (Phi) is 4.59. The van der Waals surface area contributed by atoms with Gasteiger partial charge in [0.05, 0.1) is 0 Å². The van der Waals surface area contributed by atoms with Gasteiger partial charge in [0, 0.05) is 42.7 Å². The second kappa shape index (κ2) is 7.19. The third-order valence-electron chi connectivity index (χ3n) is 5.40. The van der Waals surface area contributed by atoms with Gasteiger partial charge in [-0.05, 0) is 41.5 Å². The molecule has 1 aliphatic heterocycles.